The average Bonchev–Trinajstić information content (AvgIpc) is 2.63. The summed E-state index contributed by atoms with van der Waals surface area (Å²) in [6, 6.07) is 0. The molecule has 1 saturated heterocycles. The van der Waals surface area contributed by atoms with Gasteiger partial charge in [-0.2, -0.15) is 0 Å². The number of amides is 1. The van der Waals surface area contributed by atoms with E-state index < -0.39 is 0 Å². The molecule has 5 nitrogen and oxygen atoms in total. The minimum absolute atomic E-state index is 0.0683. The SMILES string of the molecule is CC1(C)COCCN1C(=O)c1csc(N)n1. The van der Waals surface area contributed by atoms with E-state index in [1.165, 1.54) is 11.3 Å². The maximum Gasteiger partial charge on any atom is 0.274 e. The topological polar surface area (TPSA) is 68.5 Å². The Morgan fingerprint density at radius 1 is 1.69 bits per heavy atom. The molecule has 2 heterocycles. The molecular formula is C10H15N3O2S. The number of nitrogen functional groups attached to an aromatic ring is 1. The van der Waals surface area contributed by atoms with Gasteiger partial charge >= 0.3 is 0 Å². The summed E-state index contributed by atoms with van der Waals surface area (Å²) in [6.07, 6.45) is 0. The predicted octanol–water partition coefficient (Wildman–Crippen LogP) is 0.976. The Balaban J connectivity index is 2.20. The molecule has 1 aromatic rings. The number of morpholine rings is 1. The third kappa shape index (κ3) is 2.03. The third-order valence-electron chi connectivity index (χ3n) is 2.63. The number of hydrogen-bond acceptors (Lipinski definition) is 5. The average molecular weight is 241 g/mol. The van der Waals surface area contributed by atoms with E-state index in [2.05, 4.69) is 4.98 Å². The van der Waals surface area contributed by atoms with Crippen molar-refractivity contribution in [2.24, 2.45) is 0 Å². The molecule has 1 aromatic heterocycles. The summed E-state index contributed by atoms with van der Waals surface area (Å²) in [7, 11) is 0. The molecule has 0 unspecified atom stereocenters. The Labute approximate surface area is 98.2 Å². The van der Waals surface area contributed by atoms with E-state index >= 15 is 0 Å². The highest BCUT2D eigenvalue weighted by Gasteiger charge is 2.35. The van der Waals surface area contributed by atoms with Crippen molar-refractivity contribution in [1.82, 2.24) is 9.88 Å². The van der Waals surface area contributed by atoms with Crippen LogP contribution < -0.4 is 5.73 Å². The number of thiazole rings is 1. The summed E-state index contributed by atoms with van der Waals surface area (Å²) in [5, 5.41) is 2.12. The van der Waals surface area contributed by atoms with Crippen LogP contribution in [0.5, 0.6) is 0 Å². The van der Waals surface area contributed by atoms with Gasteiger partial charge in [-0.3, -0.25) is 4.79 Å². The number of rotatable bonds is 1. The number of carbonyl (C=O) groups excluding carboxylic acids is 1. The Hall–Kier alpha value is -1.14. The Morgan fingerprint density at radius 3 is 3.00 bits per heavy atom. The van der Waals surface area contributed by atoms with Gasteiger partial charge in [-0.25, -0.2) is 4.98 Å². The minimum atomic E-state index is -0.284. The number of nitrogens with two attached hydrogens (primary N) is 1. The number of carbonyl (C=O) groups is 1. The van der Waals surface area contributed by atoms with E-state index in [1.807, 2.05) is 13.8 Å². The molecular weight excluding hydrogens is 226 g/mol. The molecule has 0 aromatic carbocycles. The zero-order valence-electron chi connectivity index (χ0n) is 9.40. The summed E-state index contributed by atoms with van der Waals surface area (Å²) in [5.74, 6) is -0.0683. The first-order valence-electron chi connectivity index (χ1n) is 5.11. The predicted molar refractivity (Wildman–Crippen MR) is 62.5 cm³/mol. The molecule has 0 atom stereocenters. The molecule has 0 aliphatic carbocycles. The van der Waals surface area contributed by atoms with Crippen molar-refractivity contribution in [2.45, 2.75) is 19.4 Å². The fourth-order valence-electron chi connectivity index (χ4n) is 1.76. The summed E-state index contributed by atoms with van der Waals surface area (Å²) in [6.45, 7) is 5.70. The lowest BCUT2D eigenvalue weighted by Gasteiger charge is -2.41. The van der Waals surface area contributed by atoms with Gasteiger partial charge in [0.1, 0.15) is 5.69 Å². The van der Waals surface area contributed by atoms with E-state index in [-0.39, 0.29) is 11.4 Å². The van der Waals surface area contributed by atoms with Gasteiger partial charge in [0.05, 0.1) is 18.8 Å². The summed E-state index contributed by atoms with van der Waals surface area (Å²) < 4.78 is 5.37. The van der Waals surface area contributed by atoms with Crippen molar-refractivity contribution in [1.29, 1.82) is 0 Å². The van der Waals surface area contributed by atoms with E-state index in [4.69, 9.17) is 10.5 Å². The molecule has 1 aliphatic heterocycles. The van der Waals surface area contributed by atoms with Gasteiger partial charge in [0.15, 0.2) is 5.13 Å². The standard InChI is InChI=1S/C10H15N3O2S/c1-10(2)6-15-4-3-13(10)8(14)7-5-16-9(11)12-7/h5H,3-4,6H2,1-2H3,(H2,11,12). The highest BCUT2D eigenvalue weighted by molar-refractivity contribution is 7.13. The summed E-state index contributed by atoms with van der Waals surface area (Å²) >= 11 is 1.28. The van der Waals surface area contributed by atoms with Gasteiger partial charge in [0, 0.05) is 11.9 Å². The van der Waals surface area contributed by atoms with Gasteiger partial charge in [-0.15, -0.1) is 11.3 Å². The normalized spacial score (nSPS) is 19.8. The van der Waals surface area contributed by atoms with Crippen molar-refractivity contribution in [3.05, 3.63) is 11.1 Å². The Bertz CT molecular complexity index is 403. The van der Waals surface area contributed by atoms with Crippen LogP contribution in [-0.4, -0.2) is 41.1 Å². The first-order valence-corrected chi connectivity index (χ1v) is 5.99. The largest absolute Gasteiger partial charge is 0.377 e. The molecule has 6 heteroatoms. The second kappa shape index (κ2) is 4.03. The second-order valence-corrected chi connectivity index (χ2v) is 5.28. The van der Waals surface area contributed by atoms with Gasteiger partial charge in [0.25, 0.3) is 5.91 Å². The zero-order valence-corrected chi connectivity index (χ0v) is 10.2. The number of nitrogens with zero attached hydrogens (tertiary/aromatic N) is 2. The van der Waals surface area contributed by atoms with Crippen molar-refractivity contribution in [2.75, 3.05) is 25.5 Å². The maximum atomic E-state index is 12.2. The highest BCUT2D eigenvalue weighted by Crippen LogP contribution is 2.22. The molecule has 1 fully saturated rings. The molecule has 1 amide bonds. The number of aromatic nitrogens is 1. The van der Waals surface area contributed by atoms with Crippen LogP contribution in [0.25, 0.3) is 0 Å². The highest BCUT2D eigenvalue weighted by atomic mass is 32.1. The van der Waals surface area contributed by atoms with Crippen molar-refractivity contribution < 1.29 is 9.53 Å². The smallest absolute Gasteiger partial charge is 0.274 e. The van der Waals surface area contributed by atoms with Crippen molar-refractivity contribution >= 4 is 22.4 Å². The van der Waals surface area contributed by atoms with Crippen molar-refractivity contribution in [3.8, 4) is 0 Å². The van der Waals surface area contributed by atoms with Crippen LogP contribution in [0.2, 0.25) is 0 Å². The van der Waals surface area contributed by atoms with Crippen LogP contribution in [-0.2, 0) is 4.74 Å². The quantitative estimate of drug-likeness (QED) is 0.795. The lowest BCUT2D eigenvalue weighted by molar-refractivity contribution is -0.0372. The molecule has 0 bridgehead atoms. The molecule has 2 N–H and O–H groups in total. The molecule has 88 valence electrons. The number of hydrogen-bond donors (Lipinski definition) is 1. The lowest BCUT2D eigenvalue weighted by Crippen LogP contribution is -2.55. The van der Waals surface area contributed by atoms with E-state index in [1.54, 1.807) is 10.3 Å². The molecule has 0 saturated carbocycles. The number of anilines is 1. The zero-order chi connectivity index (χ0) is 11.8. The minimum Gasteiger partial charge on any atom is -0.377 e. The maximum absolute atomic E-state index is 12.2. The Morgan fingerprint density at radius 2 is 2.44 bits per heavy atom. The van der Waals surface area contributed by atoms with E-state index in [9.17, 15) is 4.79 Å². The van der Waals surface area contributed by atoms with Gasteiger partial charge < -0.3 is 15.4 Å². The van der Waals surface area contributed by atoms with E-state index in [0.29, 0.717) is 30.6 Å². The monoisotopic (exact) mass is 241 g/mol. The molecule has 0 radical (unpaired) electrons. The van der Waals surface area contributed by atoms with Crippen LogP contribution in [0.3, 0.4) is 0 Å². The van der Waals surface area contributed by atoms with Crippen LogP contribution in [0.4, 0.5) is 5.13 Å². The molecule has 2 rings (SSSR count). The van der Waals surface area contributed by atoms with Gasteiger partial charge in [0.2, 0.25) is 0 Å². The summed E-state index contributed by atoms with van der Waals surface area (Å²) in [5.41, 5.74) is 5.67. The van der Waals surface area contributed by atoms with Crippen LogP contribution in [0.1, 0.15) is 24.3 Å². The second-order valence-electron chi connectivity index (χ2n) is 4.39. The Kier molecular flexibility index (Phi) is 2.86. The fraction of sp³-hybridized carbons (Fsp3) is 0.600. The molecule has 1 aliphatic rings. The van der Waals surface area contributed by atoms with Crippen LogP contribution in [0, 0.1) is 0 Å². The van der Waals surface area contributed by atoms with Gasteiger partial charge in [-0.05, 0) is 13.8 Å². The fourth-order valence-corrected chi connectivity index (χ4v) is 2.30. The first-order chi connectivity index (χ1) is 7.50. The summed E-state index contributed by atoms with van der Waals surface area (Å²) in [4.78, 5) is 18.0. The van der Waals surface area contributed by atoms with Crippen LogP contribution in [0.15, 0.2) is 5.38 Å². The van der Waals surface area contributed by atoms with Crippen molar-refractivity contribution in [3.63, 3.8) is 0 Å². The first kappa shape index (κ1) is 11.3. The van der Waals surface area contributed by atoms with Gasteiger partial charge in [-0.1, -0.05) is 0 Å². The third-order valence-corrected chi connectivity index (χ3v) is 3.31. The molecule has 16 heavy (non-hydrogen) atoms. The van der Waals surface area contributed by atoms with E-state index in [0.717, 1.165) is 0 Å². The number of ether oxygens (including phenoxy) is 1. The molecule has 0 spiro atoms. The van der Waals surface area contributed by atoms with Crippen LogP contribution >= 0.6 is 11.3 Å². The lowest BCUT2D eigenvalue weighted by atomic mass is 10.0.